The number of nitrogens with one attached hydrogen (secondary N) is 1. The van der Waals surface area contributed by atoms with E-state index >= 15 is 0 Å². The van der Waals surface area contributed by atoms with Gasteiger partial charge in [-0.2, -0.15) is 0 Å². The summed E-state index contributed by atoms with van der Waals surface area (Å²) < 4.78 is 0. The number of para-hydroxylation sites is 1. The molecule has 1 amide bonds. The van der Waals surface area contributed by atoms with Gasteiger partial charge in [0.25, 0.3) is 0 Å². The van der Waals surface area contributed by atoms with Crippen molar-refractivity contribution in [3.63, 3.8) is 0 Å². The Labute approximate surface area is 117 Å². The fraction of sp³-hybridized carbons (Fsp3) is 0.308. The third-order valence-electron chi connectivity index (χ3n) is 2.18. The molecule has 1 aromatic carbocycles. The number of benzene rings is 1. The summed E-state index contributed by atoms with van der Waals surface area (Å²) in [5.74, 6) is -0.159. The maximum absolute atomic E-state index is 11.8. The Hall–Kier alpha value is -1.03. The topological polar surface area (TPSA) is 32.3 Å². The van der Waals surface area contributed by atoms with E-state index in [0.29, 0.717) is 22.3 Å². The molecule has 5 heteroatoms. The van der Waals surface area contributed by atoms with Crippen LogP contribution in [0.3, 0.4) is 0 Å². The van der Waals surface area contributed by atoms with Crippen LogP contribution >= 0.6 is 23.2 Å². The number of halogens is 2. The molecule has 0 atom stereocenters. The Bertz CT molecular complexity index is 440. The van der Waals surface area contributed by atoms with Crippen LogP contribution in [0.5, 0.6) is 0 Å². The van der Waals surface area contributed by atoms with Gasteiger partial charge in [-0.3, -0.25) is 9.69 Å². The van der Waals surface area contributed by atoms with Gasteiger partial charge in [-0.05, 0) is 26.1 Å². The summed E-state index contributed by atoms with van der Waals surface area (Å²) >= 11 is 11.9. The Kier molecular flexibility index (Phi) is 5.66. The van der Waals surface area contributed by atoms with E-state index in [9.17, 15) is 4.79 Å². The zero-order chi connectivity index (χ0) is 13.7. The first-order chi connectivity index (χ1) is 8.40. The van der Waals surface area contributed by atoms with Crippen molar-refractivity contribution in [2.45, 2.75) is 6.92 Å². The molecule has 0 fully saturated rings. The molecule has 1 rings (SSSR count). The van der Waals surface area contributed by atoms with Gasteiger partial charge in [-0.15, -0.1) is 0 Å². The monoisotopic (exact) mass is 286 g/mol. The van der Waals surface area contributed by atoms with Gasteiger partial charge in [0.15, 0.2) is 0 Å². The molecule has 0 unspecified atom stereocenters. The van der Waals surface area contributed by atoms with E-state index in [4.69, 9.17) is 23.2 Å². The second-order valence-corrected chi connectivity index (χ2v) is 5.09. The lowest BCUT2D eigenvalue weighted by molar-refractivity contribution is -0.116. The van der Waals surface area contributed by atoms with Crippen LogP contribution in [0.1, 0.15) is 6.92 Å². The second-order valence-electron chi connectivity index (χ2n) is 4.27. The normalized spacial score (nSPS) is 10.5. The molecule has 0 radical (unpaired) electrons. The lowest BCUT2D eigenvalue weighted by atomic mass is 10.3. The molecule has 0 saturated carbocycles. The van der Waals surface area contributed by atoms with Gasteiger partial charge >= 0.3 is 0 Å². The van der Waals surface area contributed by atoms with Gasteiger partial charge in [-0.25, -0.2) is 0 Å². The minimum absolute atomic E-state index is 0.159. The highest BCUT2D eigenvalue weighted by atomic mass is 35.5. The lowest BCUT2D eigenvalue weighted by Crippen LogP contribution is -2.31. The van der Waals surface area contributed by atoms with Gasteiger partial charge in [0, 0.05) is 6.54 Å². The van der Waals surface area contributed by atoms with Crippen molar-refractivity contribution in [3.8, 4) is 0 Å². The number of hydrogen-bond acceptors (Lipinski definition) is 2. The average molecular weight is 287 g/mol. The minimum atomic E-state index is -0.159. The number of likely N-dealkylation sites (N-methyl/N-ethyl adjacent to an activating group) is 1. The van der Waals surface area contributed by atoms with E-state index in [-0.39, 0.29) is 12.5 Å². The second kappa shape index (κ2) is 6.78. The van der Waals surface area contributed by atoms with Gasteiger partial charge in [-0.1, -0.05) is 41.4 Å². The van der Waals surface area contributed by atoms with Crippen LogP contribution in [0.4, 0.5) is 5.69 Å². The van der Waals surface area contributed by atoms with Gasteiger partial charge in [0.2, 0.25) is 5.91 Å². The van der Waals surface area contributed by atoms with Gasteiger partial charge in [0.1, 0.15) is 0 Å². The van der Waals surface area contributed by atoms with E-state index in [0.717, 1.165) is 5.57 Å². The molecule has 18 heavy (non-hydrogen) atoms. The quantitative estimate of drug-likeness (QED) is 0.841. The number of amides is 1. The highest BCUT2D eigenvalue weighted by molar-refractivity contribution is 6.39. The predicted octanol–water partition coefficient (Wildman–Crippen LogP) is 3.44. The highest BCUT2D eigenvalue weighted by Crippen LogP contribution is 2.29. The summed E-state index contributed by atoms with van der Waals surface area (Å²) in [4.78, 5) is 13.7. The standard InChI is InChI=1S/C13H16Cl2N2O/c1-9(2)7-17(3)8-12(18)16-13-10(14)5-4-6-11(13)15/h4-6H,1,7-8H2,2-3H3,(H,16,18). The SMILES string of the molecule is C=C(C)CN(C)CC(=O)Nc1c(Cl)cccc1Cl. The van der Waals surface area contributed by atoms with Gasteiger partial charge in [0.05, 0.1) is 22.3 Å². The number of rotatable bonds is 5. The summed E-state index contributed by atoms with van der Waals surface area (Å²) in [6.45, 7) is 6.64. The Morgan fingerprint density at radius 3 is 2.39 bits per heavy atom. The van der Waals surface area contributed by atoms with E-state index in [2.05, 4.69) is 11.9 Å². The summed E-state index contributed by atoms with van der Waals surface area (Å²) in [6.07, 6.45) is 0. The smallest absolute Gasteiger partial charge is 0.238 e. The van der Waals surface area contributed by atoms with Crippen molar-refractivity contribution < 1.29 is 4.79 Å². The van der Waals surface area contributed by atoms with Crippen LogP contribution in [-0.2, 0) is 4.79 Å². The number of hydrogen-bond donors (Lipinski definition) is 1. The summed E-state index contributed by atoms with van der Waals surface area (Å²) in [6, 6.07) is 5.09. The van der Waals surface area contributed by atoms with Crippen molar-refractivity contribution in [2.24, 2.45) is 0 Å². The van der Waals surface area contributed by atoms with Crippen molar-refractivity contribution in [2.75, 3.05) is 25.5 Å². The molecule has 1 N–H and O–H groups in total. The molecule has 0 aliphatic rings. The molecule has 98 valence electrons. The maximum Gasteiger partial charge on any atom is 0.238 e. The molecule has 0 aliphatic carbocycles. The first-order valence-corrected chi connectivity index (χ1v) is 6.22. The van der Waals surface area contributed by atoms with Crippen LogP contribution in [0.25, 0.3) is 0 Å². The number of nitrogens with zero attached hydrogens (tertiary/aromatic N) is 1. The molecule has 0 spiro atoms. The first-order valence-electron chi connectivity index (χ1n) is 5.47. The summed E-state index contributed by atoms with van der Waals surface area (Å²) in [5, 5.41) is 3.57. The van der Waals surface area contributed by atoms with E-state index in [1.165, 1.54) is 0 Å². The van der Waals surface area contributed by atoms with Crippen LogP contribution in [0.2, 0.25) is 10.0 Å². The fourth-order valence-electron chi connectivity index (χ4n) is 1.56. The third kappa shape index (κ3) is 4.69. The predicted molar refractivity (Wildman–Crippen MR) is 77.4 cm³/mol. The van der Waals surface area contributed by atoms with Crippen LogP contribution in [0, 0.1) is 0 Å². The molecular formula is C13H16Cl2N2O. The Balaban J connectivity index is 2.62. The van der Waals surface area contributed by atoms with Crippen molar-refractivity contribution >= 4 is 34.8 Å². The maximum atomic E-state index is 11.8. The Morgan fingerprint density at radius 1 is 1.33 bits per heavy atom. The van der Waals surface area contributed by atoms with Gasteiger partial charge < -0.3 is 5.32 Å². The average Bonchev–Trinajstić information content (AvgIpc) is 2.22. The summed E-state index contributed by atoms with van der Waals surface area (Å²) in [7, 11) is 1.85. The highest BCUT2D eigenvalue weighted by Gasteiger charge is 2.11. The van der Waals surface area contributed by atoms with E-state index < -0.39 is 0 Å². The van der Waals surface area contributed by atoms with E-state index in [1.54, 1.807) is 18.2 Å². The number of carbonyl (C=O) groups excluding carboxylic acids is 1. The largest absolute Gasteiger partial charge is 0.322 e. The van der Waals surface area contributed by atoms with Crippen LogP contribution in [-0.4, -0.2) is 30.9 Å². The number of anilines is 1. The zero-order valence-corrected chi connectivity index (χ0v) is 12.0. The Morgan fingerprint density at radius 2 is 1.89 bits per heavy atom. The lowest BCUT2D eigenvalue weighted by Gasteiger charge is -2.16. The minimum Gasteiger partial charge on any atom is -0.322 e. The number of carbonyl (C=O) groups is 1. The molecule has 0 aromatic heterocycles. The van der Waals surface area contributed by atoms with Crippen molar-refractivity contribution in [1.29, 1.82) is 0 Å². The third-order valence-corrected chi connectivity index (χ3v) is 2.81. The van der Waals surface area contributed by atoms with Crippen LogP contribution < -0.4 is 5.32 Å². The molecule has 0 heterocycles. The molecule has 3 nitrogen and oxygen atoms in total. The fourth-order valence-corrected chi connectivity index (χ4v) is 2.05. The molecule has 1 aromatic rings. The molecule has 0 saturated heterocycles. The van der Waals surface area contributed by atoms with Crippen molar-refractivity contribution in [3.05, 3.63) is 40.4 Å². The molecular weight excluding hydrogens is 271 g/mol. The molecule has 0 aliphatic heterocycles. The van der Waals surface area contributed by atoms with E-state index in [1.807, 2.05) is 18.9 Å². The first kappa shape index (κ1) is 15.0. The van der Waals surface area contributed by atoms with Crippen LogP contribution in [0.15, 0.2) is 30.4 Å². The molecule has 0 bridgehead atoms. The van der Waals surface area contributed by atoms with Crippen molar-refractivity contribution in [1.82, 2.24) is 4.90 Å². The summed E-state index contributed by atoms with van der Waals surface area (Å²) in [5.41, 5.74) is 1.45. The zero-order valence-electron chi connectivity index (χ0n) is 10.5.